The highest BCUT2D eigenvalue weighted by molar-refractivity contribution is 7.99. The molecule has 0 amide bonds. The second-order valence-corrected chi connectivity index (χ2v) is 4.40. The highest BCUT2D eigenvalue weighted by Crippen LogP contribution is 2.31. The minimum Gasteiger partial charge on any atom is -0.370 e. The smallest absolute Gasteiger partial charge is 0.301 e. The Morgan fingerprint density at radius 3 is 2.74 bits per heavy atom. The predicted octanol–water partition coefficient (Wildman–Crippen LogP) is 2.36. The van der Waals surface area contributed by atoms with Gasteiger partial charge in [0.2, 0.25) is 0 Å². The summed E-state index contributed by atoms with van der Waals surface area (Å²) in [6.07, 6.45) is 3.16. The summed E-state index contributed by atoms with van der Waals surface area (Å²) in [6.45, 7) is 2.62. The molecule has 0 bridgehead atoms. The molecule has 0 saturated carbocycles. The van der Waals surface area contributed by atoms with E-state index in [-0.39, 0.29) is 10.7 Å². The fourth-order valence-corrected chi connectivity index (χ4v) is 2.14. The summed E-state index contributed by atoms with van der Waals surface area (Å²) in [4.78, 5) is 22.8. The number of rotatable bonds is 5. The van der Waals surface area contributed by atoms with E-state index in [2.05, 4.69) is 20.3 Å². The number of aromatic nitrogens is 3. The molecule has 0 radical (unpaired) electrons. The molecule has 0 unspecified atom stereocenters. The minimum atomic E-state index is -0.464. The summed E-state index contributed by atoms with van der Waals surface area (Å²) in [5, 5.41) is 14.7. The third-order valence-corrected chi connectivity index (χ3v) is 3.01. The lowest BCUT2D eigenvalue weighted by Crippen LogP contribution is -2.02. The first kappa shape index (κ1) is 13.2. The van der Waals surface area contributed by atoms with Crippen molar-refractivity contribution in [3.63, 3.8) is 0 Å². The third kappa shape index (κ3) is 3.38. The van der Waals surface area contributed by atoms with E-state index in [0.717, 1.165) is 11.8 Å². The Bertz CT molecular complexity index is 579. The van der Waals surface area contributed by atoms with E-state index in [1.54, 1.807) is 24.5 Å². The van der Waals surface area contributed by atoms with Gasteiger partial charge in [0.1, 0.15) is 5.82 Å². The molecule has 0 spiro atoms. The molecule has 0 saturated heterocycles. The maximum Gasteiger partial charge on any atom is 0.301 e. The molecule has 2 heterocycles. The van der Waals surface area contributed by atoms with E-state index in [1.165, 1.54) is 6.07 Å². The molecule has 2 rings (SSSR count). The molecule has 2 aromatic heterocycles. The van der Waals surface area contributed by atoms with Crippen molar-refractivity contribution in [2.24, 2.45) is 0 Å². The Hall–Kier alpha value is -2.22. The molecular weight excluding hydrogens is 266 g/mol. The second-order valence-electron chi connectivity index (χ2n) is 3.44. The number of hydrogen-bond acceptors (Lipinski definition) is 7. The van der Waals surface area contributed by atoms with Crippen LogP contribution < -0.4 is 5.32 Å². The number of nitrogens with one attached hydrogen (secondary N) is 1. The van der Waals surface area contributed by atoms with Gasteiger partial charge in [0.15, 0.2) is 10.2 Å². The molecule has 8 heteroatoms. The minimum absolute atomic E-state index is 0.0564. The lowest BCUT2D eigenvalue weighted by molar-refractivity contribution is -0.388. The molecular formula is C11H11N5O2S. The first-order valence-corrected chi connectivity index (χ1v) is 6.36. The standard InChI is InChI=1S/C11H11N5O2S/c1-2-12-9-5-4-8(16(17)18)10(15-9)19-11-13-6-3-7-14-11/h3-7H,2H2,1H3,(H,12,15). The van der Waals surface area contributed by atoms with Crippen LogP contribution in [0, 0.1) is 10.1 Å². The lowest BCUT2D eigenvalue weighted by Gasteiger charge is -2.05. The Kier molecular flexibility index (Phi) is 4.24. The normalized spacial score (nSPS) is 10.2. The van der Waals surface area contributed by atoms with Crippen molar-refractivity contribution in [1.82, 2.24) is 15.0 Å². The molecule has 0 aliphatic carbocycles. The molecule has 7 nitrogen and oxygen atoms in total. The zero-order valence-corrected chi connectivity index (χ0v) is 10.9. The average molecular weight is 277 g/mol. The van der Waals surface area contributed by atoms with Crippen LogP contribution in [0.25, 0.3) is 0 Å². The summed E-state index contributed by atoms with van der Waals surface area (Å²) in [7, 11) is 0. The highest BCUT2D eigenvalue weighted by Gasteiger charge is 2.18. The molecule has 0 aliphatic rings. The van der Waals surface area contributed by atoms with Crippen LogP contribution >= 0.6 is 11.8 Å². The van der Waals surface area contributed by atoms with Gasteiger partial charge in [-0.1, -0.05) is 0 Å². The predicted molar refractivity (Wildman–Crippen MR) is 71.2 cm³/mol. The van der Waals surface area contributed by atoms with E-state index in [4.69, 9.17) is 0 Å². The number of nitro groups is 1. The SMILES string of the molecule is CCNc1ccc([N+](=O)[O-])c(Sc2ncccn2)n1. The molecule has 0 aromatic carbocycles. The van der Waals surface area contributed by atoms with E-state index in [9.17, 15) is 10.1 Å². The monoisotopic (exact) mass is 277 g/mol. The molecule has 0 aliphatic heterocycles. The Morgan fingerprint density at radius 2 is 2.11 bits per heavy atom. The second kappa shape index (κ2) is 6.10. The van der Waals surface area contributed by atoms with Gasteiger partial charge in [-0.05, 0) is 30.8 Å². The molecule has 0 fully saturated rings. The van der Waals surface area contributed by atoms with Gasteiger partial charge in [0, 0.05) is 25.0 Å². The van der Waals surface area contributed by atoms with E-state index < -0.39 is 4.92 Å². The van der Waals surface area contributed by atoms with Crippen LogP contribution in [0.1, 0.15) is 6.92 Å². The van der Waals surface area contributed by atoms with Gasteiger partial charge < -0.3 is 5.32 Å². The average Bonchev–Trinajstić information content (AvgIpc) is 2.40. The molecule has 19 heavy (non-hydrogen) atoms. The summed E-state index contributed by atoms with van der Waals surface area (Å²) in [5.74, 6) is 0.589. The van der Waals surface area contributed by atoms with Crippen LogP contribution in [-0.2, 0) is 0 Å². The van der Waals surface area contributed by atoms with Crippen LogP contribution in [-0.4, -0.2) is 26.4 Å². The number of pyridine rings is 1. The largest absolute Gasteiger partial charge is 0.370 e. The summed E-state index contributed by atoms with van der Waals surface area (Å²) in [6, 6.07) is 4.69. The lowest BCUT2D eigenvalue weighted by atomic mass is 10.4. The summed E-state index contributed by atoms with van der Waals surface area (Å²) >= 11 is 1.07. The molecule has 1 N–H and O–H groups in total. The molecule has 0 atom stereocenters. The van der Waals surface area contributed by atoms with Gasteiger partial charge in [-0.25, -0.2) is 15.0 Å². The van der Waals surface area contributed by atoms with Crippen LogP contribution in [0.5, 0.6) is 0 Å². The zero-order chi connectivity index (χ0) is 13.7. The van der Waals surface area contributed by atoms with E-state index in [1.807, 2.05) is 6.92 Å². The Labute approximate surface area is 113 Å². The van der Waals surface area contributed by atoms with Gasteiger partial charge in [-0.15, -0.1) is 0 Å². The molecule has 2 aromatic rings. The van der Waals surface area contributed by atoms with Crippen LogP contribution in [0.3, 0.4) is 0 Å². The Balaban J connectivity index is 2.35. The van der Waals surface area contributed by atoms with Gasteiger partial charge in [0.05, 0.1) is 4.92 Å². The summed E-state index contributed by atoms with van der Waals surface area (Å²) in [5.41, 5.74) is -0.0564. The van der Waals surface area contributed by atoms with E-state index in [0.29, 0.717) is 17.5 Å². The summed E-state index contributed by atoms with van der Waals surface area (Å²) < 4.78 is 0. The first-order chi connectivity index (χ1) is 9.20. The van der Waals surface area contributed by atoms with Crippen molar-refractivity contribution in [1.29, 1.82) is 0 Å². The van der Waals surface area contributed by atoms with Gasteiger partial charge in [-0.3, -0.25) is 10.1 Å². The highest BCUT2D eigenvalue weighted by atomic mass is 32.2. The van der Waals surface area contributed by atoms with Gasteiger partial charge in [0.25, 0.3) is 0 Å². The van der Waals surface area contributed by atoms with Crippen LogP contribution in [0.2, 0.25) is 0 Å². The number of hydrogen-bond donors (Lipinski definition) is 1. The maximum absolute atomic E-state index is 11.0. The van der Waals surface area contributed by atoms with Crippen molar-refractivity contribution in [3.8, 4) is 0 Å². The van der Waals surface area contributed by atoms with Crippen molar-refractivity contribution in [2.45, 2.75) is 17.1 Å². The van der Waals surface area contributed by atoms with Crippen molar-refractivity contribution >= 4 is 23.3 Å². The van der Waals surface area contributed by atoms with E-state index >= 15 is 0 Å². The molecule has 98 valence electrons. The van der Waals surface area contributed by atoms with Crippen LogP contribution in [0.15, 0.2) is 40.8 Å². The zero-order valence-electron chi connectivity index (χ0n) is 10.1. The fraction of sp³-hybridized carbons (Fsp3) is 0.182. The number of anilines is 1. The fourth-order valence-electron chi connectivity index (χ4n) is 1.35. The van der Waals surface area contributed by atoms with Gasteiger partial charge in [-0.2, -0.15) is 0 Å². The van der Waals surface area contributed by atoms with Gasteiger partial charge >= 0.3 is 5.69 Å². The Morgan fingerprint density at radius 1 is 1.37 bits per heavy atom. The van der Waals surface area contributed by atoms with Crippen LogP contribution in [0.4, 0.5) is 11.5 Å². The third-order valence-electron chi connectivity index (χ3n) is 2.12. The van der Waals surface area contributed by atoms with Crippen molar-refractivity contribution in [2.75, 3.05) is 11.9 Å². The topological polar surface area (TPSA) is 93.8 Å². The first-order valence-electron chi connectivity index (χ1n) is 5.55. The quantitative estimate of drug-likeness (QED) is 0.509. The van der Waals surface area contributed by atoms with Crippen molar-refractivity contribution < 1.29 is 4.92 Å². The number of nitrogens with zero attached hydrogens (tertiary/aromatic N) is 4. The maximum atomic E-state index is 11.0. The van der Waals surface area contributed by atoms with Crippen molar-refractivity contribution in [3.05, 3.63) is 40.7 Å².